The summed E-state index contributed by atoms with van der Waals surface area (Å²) < 4.78 is 6.61. The number of carbonyl (C=O) groups excluding carboxylic acids is 1. The van der Waals surface area contributed by atoms with E-state index in [1.165, 1.54) is 7.11 Å². The van der Waals surface area contributed by atoms with Gasteiger partial charge in [0.15, 0.2) is 0 Å². The van der Waals surface area contributed by atoms with Crippen molar-refractivity contribution in [2.45, 2.75) is 6.54 Å². The van der Waals surface area contributed by atoms with Gasteiger partial charge in [-0.3, -0.25) is 0 Å². The quantitative estimate of drug-likeness (QED) is 0.735. The Balaban J connectivity index is 1.73. The zero-order valence-corrected chi connectivity index (χ0v) is 12.8. The smallest absolute Gasteiger partial charge is 0.339 e. The van der Waals surface area contributed by atoms with Crippen LogP contribution in [0.25, 0.3) is 5.69 Å². The summed E-state index contributed by atoms with van der Waals surface area (Å²) in [5.74, 6) is -0.358. The Labute approximate surface area is 134 Å². The van der Waals surface area contributed by atoms with E-state index in [0.717, 1.165) is 17.1 Å². The van der Waals surface area contributed by atoms with E-state index in [2.05, 4.69) is 10.4 Å². The van der Waals surface area contributed by atoms with E-state index < -0.39 is 0 Å². The van der Waals surface area contributed by atoms with Crippen molar-refractivity contribution in [3.05, 3.63) is 78.1 Å². The largest absolute Gasteiger partial charge is 0.465 e. The van der Waals surface area contributed by atoms with Gasteiger partial charge in [0.05, 0.1) is 30.6 Å². The minimum absolute atomic E-state index is 0.358. The molecular formula is C18H17N3O2. The maximum Gasteiger partial charge on any atom is 0.339 e. The predicted octanol–water partition coefficient (Wildman–Crippen LogP) is 3.27. The number of para-hydroxylation sites is 2. The standard InChI is InChI=1S/C18H17N3O2/c1-23-18(22)16-9-5-6-10-17(16)19-13-14-11-12-21(20-14)15-7-3-2-4-8-15/h2-12,19H,13H2,1H3. The number of nitrogens with one attached hydrogen (secondary N) is 1. The van der Waals surface area contributed by atoms with E-state index in [9.17, 15) is 4.79 Å². The van der Waals surface area contributed by atoms with Gasteiger partial charge in [0, 0.05) is 11.9 Å². The molecule has 0 fully saturated rings. The Bertz CT molecular complexity index is 797. The van der Waals surface area contributed by atoms with Crippen LogP contribution in [0.3, 0.4) is 0 Å². The molecule has 0 aliphatic carbocycles. The van der Waals surface area contributed by atoms with Crippen LogP contribution < -0.4 is 5.32 Å². The van der Waals surface area contributed by atoms with E-state index in [1.807, 2.05) is 65.5 Å². The highest BCUT2D eigenvalue weighted by Gasteiger charge is 2.11. The Kier molecular flexibility index (Phi) is 4.38. The lowest BCUT2D eigenvalue weighted by Gasteiger charge is -2.09. The zero-order chi connectivity index (χ0) is 16.1. The Morgan fingerprint density at radius 1 is 1.09 bits per heavy atom. The number of esters is 1. The molecule has 1 N–H and O–H groups in total. The minimum Gasteiger partial charge on any atom is -0.465 e. The predicted molar refractivity (Wildman–Crippen MR) is 88.7 cm³/mol. The third-order valence-electron chi connectivity index (χ3n) is 3.46. The molecule has 5 heteroatoms. The molecule has 0 saturated carbocycles. The van der Waals surface area contributed by atoms with Crippen molar-refractivity contribution in [3.8, 4) is 5.69 Å². The molecule has 0 aliphatic rings. The molecule has 0 radical (unpaired) electrons. The third-order valence-corrected chi connectivity index (χ3v) is 3.46. The SMILES string of the molecule is COC(=O)c1ccccc1NCc1ccn(-c2ccccc2)n1. The first-order chi connectivity index (χ1) is 11.3. The van der Waals surface area contributed by atoms with Gasteiger partial charge in [-0.15, -0.1) is 0 Å². The molecule has 1 aromatic heterocycles. The van der Waals surface area contributed by atoms with E-state index in [1.54, 1.807) is 6.07 Å². The van der Waals surface area contributed by atoms with Gasteiger partial charge in [0.2, 0.25) is 0 Å². The molecule has 0 bridgehead atoms. The van der Waals surface area contributed by atoms with Gasteiger partial charge in [-0.1, -0.05) is 30.3 Å². The maximum absolute atomic E-state index is 11.8. The van der Waals surface area contributed by atoms with Gasteiger partial charge in [-0.2, -0.15) is 5.10 Å². The van der Waals surface area contributed by atoms with Crippen LogP contribution >= 0.6 is 0 Å². The summed E-state index contributed by atoms with van der Waals surface area (Å²) in [7, 11) is 1.38. The fourth-order valence-electron chi connectivity index (χ4n) is 2.29. The first-order valence-electron chi connectivity index (χ1n) is 7.29. The van der Waals surface area contributed by atoms with Gasteiger partial charge in [0.1, 0.15) is 0 Å². The molecule has 3 aromatic rings. The monoisotopic (exact) mass is 307 g/mol. The average Bonchev–Trinajstić information content (AvgIpc) is 3.09. The molecule has 0 amide bonds. The van der Waals surface area contributed by atoms with Crippen molar-refractivity contribution in [3.63, 3.8) is 0 Å². The van der Waals surface area contributed by atoms with Crippen LogP contribution in [0.2, 0.25) is 0 Å². The first-order valence-corrected chi connectivity index (χ1v) is 7.29. The van der Waals surface area contributed by atoms with Crippen molar-refractivity contribution in [2.24, 2.45) is 0 Å². The first kappa shape index (κ1) is 14.8. The number of rotatable bonds is 5. The highest BCUT2D eigenvalue weighted by molar-refractivity contribution is 5.95. The highest BCUT2D eigenvalue weighted by Crippen LogP contribution is 2.17. The van der Waals surface area contributed by atoms with Crippen LogP contribution in [0.15, 0.2) is 66.9 Å². The summed E-state index contributed by atoms with van der Waals surface area (Å²) in [4.78, 5) is 11.8. The number of ether oxygens (including phenoxy) is 1. The van der Waals surface area contributed by atoms with Crippen LogP contribution in [0, 0.1) is 0 Å². The minimum atomic E-state index is -0.358. The van der Waals surface area contributed by atoms with Crippen molar-refractivity contribution in [1.82, 2.24) is 9.78 Å². The molecule has 23 heavy (non-hydrogen) atoms. The molecule has 0 atom stereocenters. The summed E-state index contributed by atoms with van der Waals surface area (Å²) in [5, 5.41) is 7.76. The molecule has 0 aliphatic heterocycles. The number of hydrogen-bond donors (Lipinski definition) is 1. The number of aromatic nitrogens is 2. The molecule has 3 rings (SSSR count). The Morgan fingerprint density at radius 3 is 2.61 bits per heavy atom. The third kappa shape index (κ3) is 3.40. The lowest BCUT2D eigenvalue weighted by atomic mass is 10.2. The van der Waals surface area contributed by atoms with Crippen molar-refractivity contribution < 1.29 is 9.53 Å². The van der Waals surface area contributed by atoms with Crippen molar-refractivity contribution in [1.29, 1.82) is 0 Å². The number of anilines is 1. The molecule has 5 nitrogen and oxygen atoms in total. The molecule has 2 aromatic carbocycles. The van der Waals surface area contributed by atoms with Crippen LogP contribution in [-0.2, 0) is 11.3 Å². The van der Waals surface area contributed by atoms with E-state index in [-0.39, 0.29) is 5.97 Å². The van der Waals surface area contributed by atoms with E-state index in [4.69, 9.17) is 4.74 Å². The second-order valence-electron chi connectivity index (χ2n) is 4.98. The number of carbonyl (C=O) groups is 1. The summed E-state index contributed by atoms with van der Waals surface area (Å²) in [6.45, 7) is 0.522. The summed E-state index contributed by atoms with van der Waals surface area (Å²) in [6, 6.07) is 19.1. The molecule has 1 heterocycles. The molecule has 116 valence electrons. The summed E-state index contributed by atoms with van der Waals surface area (Å²) in [5.41, 5.74) is 3.13. The van der Waals surface area contributed by atoms with Gasteiger partial charge in [-0.25, -0.2) is 9.48 Å². The number of nitrogens with zero attached hydrogens (tertiary/aromatic N) is 2. The summed E-state index contributed by atoms with van der Waals surface area (Å²) >= 11 is 0. The van der Waals surface area contributed by atoms with E-state index in [0.29, 0.717) is 12.1 Å². The second-order valence-corrected chi connectivity index (χ2v) is 4.98. The molecule has 0 saturated heterocycles. The molecule has 0 unspecified atom stereocenters. The maximum atomic E-state index is 11.8. The topological polar surface area (TPSA) is 56.1 Å². The van der Waals surface area contributed by atoms with Gasteiger partial charge in [-0.05, 0) is 30.3 Å². The molecular weight excluding hydrogens is 290 g/mol. The lowest BCUT2D eigenvalue weighted by molar-refractivity contribution is 0.0602. The van der Waals surface area contributed by atoms with Crippen LogP contribution in [0.1, 0.15) is 16.1 Å². The fourth-order valence-corrected chi connectivity index (χ4v) is 2.29. The molecule has 0 spiro atoms. The summed E-state index contributed by atoms with van der Waals surface area (Å²) in [6.07, 6.45) is 1.92. The lowest BCUT2D eigenvalue weighted by Crippen LogP contribution is -2.08. The van der Waals surface area contributed by atoms with Crippen molar-refractivity contribution in [2.75, 3.05) is 12.4 Å². The van der Waals surface area contributed by atoms with Gasteiger partial charge >= 0.3 is 5.97 Å². The second kappa shape index (κ2) is 6.79. The van der Waals surface area contributed by atoms with E-state index >= 15 is 0 Å². The van der Waals surface area contributed by atoms with Crippen LogP contribution in [-0.4, -0.2) is 22.9 Å². The Hall–Kier alpha value is -3.08. The van der Waals surface area contributed by atoms with Crippen LogP contribution in [0.4, 0.5) is 5.69 Å². The highest BCUT2D eigenvalue weighted by atomic mass is 16.5. The number of methoxy groups -OCH3 is 1. The number of hydrogen-bond acceptors (Lipinski definition) is 4. The van der Waals surface area contributed by atoms with Gasteiger partial charge < -0.3 is 10.1 Å². The van der Waals surface area contributed by atoms with Gasteiger partial charge in [0.25, 0.3) is 0 Å². The number of benzene rings is 2. The fraction of sp³-hybridized carbons (Fsp3) is 0.111. The Morgan fingerprint density at radius 2 is 1.83 bits per heavy atom. The average molecular weight is 307 g/mol. The van der Waals surface area contributed by atoms with Crippen molar-refractivity contribution >= 4 is 11.7 Å². The van der Waals surface area contributed by atoms with Crippen LogP contribution in [0.5, 0.6) is 0 Å². The zero-order valence-electron chi connectivity index (χ0n) is 12.8. The normalized spacial score (nSPS) is 10.3.